The number of nitrogens with zero attached hydrogens (tertiary/aromatic N) is 2. The normalized spacial score (nSPS) is 12.6. The zero-order valence-corrected chi connectivity index (χ0v) is 11.8. The van der Waals surface area contributed by atoms with Gasteiger partial charge in [-0.25, -0.2) is 0 Å². The Bertz CT molecular complexity index is 554. The summed E-state index contributed by atoms with van der Waals surface area (Å²) in [5.74, 6) is -0.120. The minimum Gasteiger partial charge on any atom is -0.480 e. The van der Waals surface area contributed by atoms with Gasteiger partial charge in [-0.1, -0.05) is 0 Å². The van der Waals surface area contributed by atoms with Crippen molar-refractivity contribution in [1.29, 1.82) is 0 Å². The Kier molecular flexibility index (Phi) is 4.10. The van der Waals surface area contributed by atoms with Crippen LogP contribution in [0.15, 0.2) is 20.3 Å². The van der Waals surface area contributed by atoms with Crippen LogP contribution < -0.4 is 5.32 Å². The standard InChI is InChI=1S/C10H10BrN3O3S/c1-5(10(15)16)12-4-8-13-14-9(17-8)6-2-3-7(11)18-6/h2-3,5,12H,4H2,1H3,(H,15,16)/t5-/m0/s1. The largest absolute Gasteiger partial charge is 0.480 e. The van der Waals surface area contributed by atoms with Crippen LogP contribution in [0.2, 0.25) is 0 Å². The van der Waals surface area contributed by atoms with E-state index in [-0.39, 0.29) is 6.54 Å². The van der Waals surface area contributed by atoms with Crippen molar-refractivity contribution in [2.45, 2.75) is 19.5 Å². The smallest absolute Gasteiger partial charge is 0.320 e. The maximum atomic E-state index is 10.6. The molecule has 8 heteroatoms. The molecule has 0 aromatic carbocycles. The molecule has 18 heavy (non-hydrogen) atoms. The lowest BCUT2D eigenvalue weighted by molar-refractivity contribution is -0.139. The molecule has 96 valence electrons. The number of rotatable bonds is 5. The van der Waals surface area contributed by atoms with Gasteiger partial charge in [-0.3, -0.25) is 10.1 Å². The fraction of sp³-hybridized carbons (Fsp3) is 0.300. The fourth-order valence-corrected chi connectivity index (χ4v) is 2.49. The molecule has 6 nitrogen and oxygen atoms in total. The lowest BCUT2D eigenvalue weighted by Crippen LogP contribution is -2.33. The van der Waals surface area contributed by atoms with Gasteiger partial charge in [0.2, 0.25) is 5.89 Å². The maximum absolute atomic E-state index is 10.6. The number of halogens is 1. The summed E-state index contributed by atoms with van der Waals surface area (Å²) in [4.78, 5) is 11.5. The molecule has 2 rings (SSSR count). The second kappa shape index (κ2) is 5.59. The van der Waals surface area contributed by atoms with Crippen LogP contribution in [0.4, 0.5) is 0 Å². The molecule has 0 unspecified atom stereocenters. The first-order valence-corrected chi connectivity index (χ1v) is 6.71. The first kappa shape index (κ1) is 13.2. The van der Waals surface area contributed by atoms with Gasteiger partial charge in [-0.05, 0) is 35.0 Å². The van der Waals surface area contributed by atoms with Gasteiger partial charge >= 0.3 is 5.97 Å². The van der Waals surface area contributed by atoms with Gasteiger partial charge < -0.3 is 9.52 Å². The molecule has 1 atom stereocenters. The Morgan fingerprint density at radius 3 is 3.00 bits per heavy atom. The van der Waals surface area contributed by atoms with Gasteiger partial charge in [0.05, 0.1) is 15.2 Å². The van der Waals surface area contributed by atoms with Crippen molar-refractivity contribution in [1.82, 2.24) is 15.5 Å². The quantitative estimate of drug-likeness (QED) is 0.872. The summed E-state index contributed by atoms with van der Waals surface area (Å²) in [5, 5.41) is 19.2. The second-order valence-corrected chi connectivity index (χ2v) is 6.01. The molecule has 0 aliphatic carbocycles. The zero-order chi connectivity index (χ0) is 13.1. The summed E-state index contributed by atoms with van der Waals surface area (Å²) in [6.45, 7) is 1.78. The van der Waals surface area contributed by atoms with E-state index in [0.29, 0.717) is 11.8 Å². The van der Waals surface area contributed by atoms with Gasteiger partial charge in [-0.2, -0.15) is 0 Å². The average Bonchev–Trinajstić information content (AvgIpc) is 2.94. The Balaban J connectivity index is 2.00. The molecule has 0 radical (unpaired) electrons. The highest BCUT2D eigenvalue weighted by Gasteiger charge is 2.13. The van der Waals surface area contributed by atoms with E-state index in [4.69, 9.17) is 9.52 Å². The van der Waals surface area contributed by atoms with Crippen LogP contribution in [-0.2, 0) is 11.3 Å². The molecule has 0 spiro atoms. The molecule has 0 aliphatic rings. The molecule has 2 aromatic heterocycles. The minimum atomic E-state index is -0.920. The van der Waals surface area contributed by atoms with Crippen LogP contribution in [-0.4, -0.2) is 27.3 Å². The third-order valence-electron chi connectivity index (χ3n) is 2.18. The third-order valence-corrected chi connectivity index (χ3v) is 3.79. The van der Waals surface area contributed by atoms with E-state index in [9.17, 15) is 4.79 Å². The summed E-state index contributed by atoms with van der Waals surface area (Å²) in [5.41, 5.74) is 0. The number of hydrogen-bond donors (Lipinski definition) is 2. The van der Waals surface area contributed by atoms with E-state index < -0.39 is 12.0 Å². The van der Waals surface area contributed by atoms with Crippen LogP contribution >= 0.6 is 27.3 Å². The highest BCUT2D eigenvalue weighted by atomic mass is 79.9. The Morgan fingerprint density at radius 1 is 1.61 bits per heavy atom. The van der Waals surface area contributed by atoms with E-state index in [1.54, 1.807) is 6.92 Å². The number of aliphatic carboxylic acids is 1. The van der Waals surface area contributed by atoms with E-state index in [1.807, 2.05) is 12.1 Å². The summed E-state index contributed by atoms with van der Waals surface area (Å²) < 4.78 is 6.41. The number of thiophene rings is 1. The number of hydrogen-bond acceptors (Lipinski definition) is 6. The molecular formula is C10H10BrN3O3S. The molecule has 2 aromatic rings. The van der Waals surface area contributed by atoms with Crippen molar-refractivity contribution >= 4 is 33.2 Å². The van der Waals surface area contributed by atoms with Crippen LogP contribution in [0.5, 0.6) is 0 Å². The predicted octanol–water partition coefficient (Wildman–Crippen LogP) is 2.12. The van der Waals surface area contributed by atoms with Gasteiger partial charge in [0, 0.05) is 0 Å². The summed E-state index contributed by atoms with van der Waals surface area (Å²) in [7, 11) is 0. The summed E-state index contributed by atoms with van der Waals surface area (Å²) in [6.07, 6.45) is 0. The number of nitrogens with one attached hydrogen (secondary N) is 1. The SMILES string of the molecule is C[C@H](NCc1nnc(-c2ccc(Br)s2)o1)C(=O)O. The lowest BCUT2D eigenvalue weighted by atomic mass is 10.3. The van der Waals surface area contributed by atoms with Crippen molar-refractivity contribution in [3.05, 3.63) is 21.8 Å². The van der Waals surface area contributed by atoms with Crippen molar-refractivity contribution in [2.24, 2.45) is 0 Å². The first-order valence-electron chi connectivity index (χ1n) is 5.10. The molecule has 0 aliphatic heterocycles. The van der Waals surface area contributed by atoms with E-state index in [0.717, 1.165) is 8.66 Å². The van der Waals surface area contributed by atoms with E-state index in [2.05, 4.69) is 31.4 Å². The Hall–Kier alpha value is -1.25. The van der Waals surface area contributed by atoms with Gasteiger partial charge in [0.25, 0.3) is 5.89 Å². The molecule has 0 saturated carbocycles. The van der Waals surface area contributed by atoms with Crippen molar-refractivity contribution in [3.8, 4) is 10.8 Å². The predicted molar refractivity (Wildman–Crippen MR) is 69.2 cm³/mol. The average molecular weight is 332 g/mol. The molecule has 2 heterocycles. The molecule has 0 amide bonds. The van der Waals surface area contributed by atoms with Gasteiger partial charge in [0.1, 0.15) is 6.04 Å². The van der Waals surface area contributed by atoms with Crippen LogP contribution in [0.25, 0.3) is 10.8 Å². The minimum absolute atomic E-state index is 0.229. The van der Waals surface area contributed by atoms with Crippen molar-refractivity contribution < 1.29 is 14.3 Å². The monoisotopic (exact) mass is 331 g/mol. The highest BCUT2D eigenvalue weighted by Crippen LogP contribution is 2.30. The van der Waals surface area contributed by atoms with Gasteiger partial charge in [0.15, 0.2) is 0 Å². The molecule has 0 bridgehead atoms. The molecular weight excluding hydrogens is 322 g/mol. The van der Waals surface area contributed by atoms with Crippen LogP contribution in [0.3, 0.4) is 0 Å². The topological polar surface area (TPSA) is 88.3 Å². The number of aromatic nitrogens is 2. The zero-order valence-electron chi connectivity index (χ0n) is 9.38. The van der Waals surface area contributed by atoms with Crippen molar-refractivity contribution in [2.75, 3.05) is 0 Å². The summed E-state index contributed by atoms with van der Waals surface area (Å²) in [6, 6.07) is 3.12. The Labute approximate surface area is 115 Å². The number of carbonyl (C=O) groups is 1. The lowest BCUT2D eigenvalue weighted by Gasteiger charge is -2.05. The van der Waals surface area contributed by atoms with E-state index >= 15 is 0 Å². The number of carboxylic acid groups (broad SMARTS) is 1. The van der Waals surface area contributed by atoms with Crippen LogP contribution in [0.1, 0.15) is 12.8 Å². The van der Waals surface area contributed by atoms with E-state index in [1.165, 1.54) is 11.3 Å². The van der Waals surface area contributed by atoms with Crippen molar-refractivity contribution in [3.63, 3.8) is 0 Å². The number of carboxylic acids is 1. The first-order chi connectivity index (χ1) is 8.56. The fourth-order valence-electron chi connectivity index (χ4n) is 1.18. The second-order valence-electron chi connectivity index (χ2n) is 3.55. The maximum Gasteiger partial charge on any atom is 0.320 e. The van der Waals surface area contributed by atoms with Gasteiger partial charge in [-0.15, -0.1) is 21.5 Å². The van der Waals surface area contributed by atoms with Crippen LogP contribution in [0, 0.1) is 0 Å². The molecule has 2 N–H and O–H groups in total. The highest BCUT2D eigenvalue weighted by molar-refractivity contribution is 9.11. The Morgan fingerprint density at radius 2 is 2.39 bits per heavy atom. The summed E-state index contributed by atoms with van der Waals surface area (Å²) >= 11 is 4.84. The molecule has 0 fully saturated rings. The molecule has 0 saturated heterocycles. The third kappa shape index (κ3) is 3.15.